The first-order chi connectivity index (χ1) is 9.54. The molecule has 1 aromatic rings. The highest BCUT2D eigenvalue weighted by Crippen LogP contribution is 2.28. The number of methoxy groups -OCH3 is 1. The van der Waals surface area contributed by atoms with E-state index in [2.05, 4.69) is 34.0 Å². The lowest BCUT2D eigenvalue weighted by Crippen LogP contribution is -2.40. The number of aromatic nitrogens is 1. The fraction of sp³-hybridized carbons (Fsp3) is 0.600. The fourth-order valence-electron chi connectivity index (χ4n) is 2.46. The molecule has 1 saturated heterocycles. The van der Waals surface area contributed by atoms with Gasteiger partial charge in [0.15, 0.2) is 5.96 Å². The first-order valence-electron chi connectivity index (χ1n) is 6.99. The maximum Gasteiger partial charge on any atom is 0.213 e. The Hall–Kier alpha value is -1.05. The Morgan fingerprint density at radius 3 is 2.81 bits per heavy atom. The number of pyridine rings is 1. The summed E-state index contributed by atoms with van der Waals surface area (Å²) in [7, 11) is 3.46. The Kier molecular flexibility index (Phi) is 6.70. The molecule has 0 aromatic carbocycles. The zero-order chi connectivity index (χ0) is 14.6. The number of rotatable bonds is 3. The predicted molar refractivity (Wildman–Crippen MR) is 96.4 cm³/mol. The molecule has 2 heterocycles. The maximum atomic E-state index is 5.14. The highest BCUT2D eigenvalue weighted by Gasteiger charge is 2.30. The van der Waals surface area contributed by atoms with Crippen molar-refractivity contribution in [3.8, 4) is 5.88 Å². The number of ether oxygens (including phenoxy) is 1. The van der Waals surface area contributed by atoms with Crippen molar-refractivity contribution in [2.24, 2.45) is 10.4 Å². The van der Waals surface area contributed by atoms with Gasteiger partial charge < -0.3 is 15.0 Å². The van der Waals surface area contributed by atoms with Crippen molar-refractivity contribution in [1.82, 2.24) is 15.2 Å². The van der Waals surface area contributed by atoms with E-state index < -0.39 is 0 Å². The SMILES string of the molecule is CN=C(NCc1cccc(OC)n1)N1CCC(C)(C)C1.I. The second-order valence-corrected chi connectivity index (χ2v) is 5.91. The Labute approximate surface area is 144 Å². The summed E-state index contributed by atoms with van der Waals surface area (Å²) in [5, 5.41) is 3.37. The number of halogens is 1. The number of aliphatic imine (C=N–C) groups is 1. The van der Waals surface area contributed by atoms with Crippen LogP contribution in [0.3, 0.4) is 0 Å². The van der Waals surface area contributed by atoms with Gasteiger partial charge in [0.25, 0.3) is 0 Å². The van der Waals surface area contributed by atoms with E-state index in [4.69, 9.17) is 4.74 Å². The summed E-state index contributed by atoms with van der Waals surface area (Å²) in [6.07, 6.45) is 1.20. The van der Waals surface area contributed by atoms with E-state index in [0.717, 1.165) is 24.7 Å². The van der Waals surface area contributed by atoms with Crippen LogP contribution in [0.5, 0.6) is 5.88 Å². The lowest BCUT2D eigenvalue weighted by Gasteiger charge is -2.23. The second kappa shape index (κ2) is 7.82. The van der Waals surface area contributed by atoms with Gasteiger partial charge in [-0.2, -0.15) is 0 Å². The van der Waals surface area contributed by atoms with Gasteiger partial charge in [-0.3, -0.25) is 4.99 Å². The van der Waals surface area contributed by atoms with E-state index in [1.54, 1.807) is 7.11 Å². The molecule has 0 spiro atoms. The first-order valence-corrected chi connectivity index (χ1v) is 6.99. The van der Waals surface area contributed by atoms with Crippen molar-refractivity contribution in [3.63, 3.8) is 0 Å². The third kappa shape index (κ3) is 5.01. The Bertz CT molecular complexity index is 490. The third-order valence-electron chi connectivity index (χ3n) is 3.61. The summed E-state index contributed by atoms with van der Waals surface area (Å²) < 4.78 is 5.14. The molecule has 0 amide bonds. The average Bonchev–Trinajstić information content (AvgIpc) is 2.80. The van der Waals surface area contributed by atoms with E-state index in [1.807, 2.05) is 25.2 Å². The predicted octanol–water partition coefficient (Wildman–Crippen LogP) is 2.52. The quantitative estimate of drug-likeness (QED) is 0.478. The lowest BCUT2D eigenvalue weighted by atomic mass is 9.93. The number of nitrogens with one attached hydrogen (secondary N) is 1. The average molecular weight is 404 g/mol. The molecule has 6 heteroatoms. The van der Waals surface area contributed by atoms with Crippen molar-refractivity contribution >= 4 is 29.9 Å². The number of guanidine groups is 1. The van der Waals surface area contributed by atoms with Gasteiger partial charge in [0.2, 0.25) is 5.88 Å². The van der Waals surface area contributed by atoms with Crippen LogP contribution in [-0.4, -0.2) is 43.1 Å². The van der Waals surface area contributed by atoms with Crippen molar-refractivity contribution in [2.45, 2.75) is 26.8 Å². The van der Waals surface area contributed by atoms with Crippen molar-refractivity contribution in [2.75, 3.05) is 27.2 Å². The summed E-state index contributed by atoms with van der Waals surface area (Å²) >= 11 is 0. The number of nitrogens with zero attached hydrogens (tertiary/aromatic N) is 3. The van der Waals surface area contributed by atoms with E-state index in [9.17, 15) is 0 Å². The largest absolute Gasteiger partial charge is 0.481 e. The number of hydrogen-bond donors (Lipinski definition) is 1. The molecule has 21 heavy (non-hydrogen) atoms. The normalized spacial score (nSPS) is 17.3. The molecule has 0 atom stereocenters. The molecule has 118 valence electrons. The van der Waals surface area contributed by atoms with Crippen LogP contribution in [0.15, 0.2) is 23.2 Å². The lowest BCUT2D eigenvalue weighted by molar-refractivity contribution is 0.369. The Morgan fingerprint density at radius 1 is 1.48 bits per heavy atom. The van der Waals surface area contributed by atoms with Crippen LogP contribution >= 0.6 is 24.0 Å². The zero-order valence-electron chi connectivity index (χ0n) is 13.2. The van der Waals surface area contributed by atoms with Gasteiger partial charge in [0.1, 0.15) is 0 Å². The van der Waals surface area contributed by atoms with Gasteiger partial charge in [-0.1, -0.05) is 19.9 Å². The zero-order valence-corrected chi connectivity index (χ0v) is 15.5. The van der Waals surface area contributed by atoms with Crippen LogP contribution < -0.4 is 10.1 Å². The van der Waals surface area contributed by atoms with Crippen LogP contribution in [0.1, 0.15) is 26.0 Å². The molecule has 2 rings (SSSR count). The van der Waals surface area contributed by atoms with Crippen LogP contribution in [-0.2, 0) is 6.54 Å². The molecule has 0 unspecified atom stereocenters. The molecule has 0 radical (unpaired) electrons. The minimum absolute atomic E-state index is 0. The molecular formula is C15H25IN4O. The van der Waals surface area contributed by atoms with Gasteiger partial charge in [-0.25, -0.2) is 4.98 Å². The van der Waals surface area contributed by atoms with Gasteiger partial charge >= 0.3 is 0 Å². The van der Waals surface area contributed by atoms with E-state index >= 15 is 0 Å². The van der Waals surface area contributed by atoms with E-state index in [-0.39, 0.29) is 24.0 Å². The first kappa shape index (κ1) is 18.0. The summed E-state index contributed by atoms with van der Waals surface area (Å²) in [5.41, 5.74) is 1.32. The second-order valence-electron chi connectivity index (χ2n) is 5.91. The molecule has 5 nitrogen and oxygen atoms in total. The van der Waals surface area contributed by atoms with Crippen LogP contribution in [0.4, 0.5) is 0 Å². The monoisotopic (exact) mass is 404 g/mol. The van der Waals surface area contributed by atoms with Gasteiger partial charge in [-0.15, -0.1) is 24.0 Å². The van der Waals surface area contributed by atoms with E-state index in [0.29, 0.717) is 17.8 Å². The van der Waals surface area contributed by atoms with Gasteiger partial charge in [0.05, 0.1) is 19.3 Å². The summed E-state index contributed by atoms with van der Waals surface area (Å²) in [6, 6.07) is 5.78. The molecule has 0 bridgehead atoms. The molecular weight excluding hydrogens is 379 g/mol. The van der Waals surface area contributed by atoms with Gasteiger partial charge in [0, 0.05) is 26.2 Å². The molecule has 0 aliphatic carbocycles. The smallest absolute Gasteiger partial charge is 0.213 e. The Balaban J connectivity index is 0.00000220. The molecule has 1 aliphatic rings. The highest BCUT2D eigenvalue weighted by molar-refractivity contribution is 14.0. The fourth-order valence-corrected chi connectivity index (χ4v) is 2.46. The third-order valence-corrected chi connectivity index (χ3v) is 3.61. The topological polar surface area (TPSA) is 49.8 Å². The molecule has 1 aromatic heterocycles. The number of hydrogen-bond acceptors (Lipinski definition) is 3. The van der Waals surface area contributed by atoms with Crippen molar-refractivity contribution in [3.05, 3.63) is 23.9 Å². The summed E-state index contributed by atoms with van der Waals surface area (Å²) in [6.45, 7) is 7.34. The molecule has 1 N–H and O–H groups in total. The van der Waals surface area contributed by atoms with E-state index in [1.165, 1.54) is 6.42 Å². The summed E-state index contributed by atoms with van der Waals surface area (Å²) in [4.78, 5) is 11.1. The van der Waals surface area contributed by atoms with Crippen LogP contribution in [0.25, 0.3) is 0 Å². The minimum Gasteiger partial charge on any atom is -0.481 e. The molecule has 1 aliphatic heterocycles. The van der Waals surface area contributed by atoms with Crippen LogP contribution in [0, 0.1) is 5.41 Å². The van der Waals surface area contributed by atoms with Crippen LogP contribution in [0.2, 0.25) is 0 Å². The highest BCUT2D eigenvalue weighted by atomic mass is 127. The van der Waals surface area contributed by atoms with Gasteiger partial charge in [-0.05, 0) is 17.9 Å². The standard InChI is InChI=1S/C15H24N4O.HI/c1-15(2)8-9-19(11-15)14(16-3)17-10-12-6-5-7-13(18-12)20-4;/h5-7H,8-11H2,1-4H3,(H,16,17);1H. The summed E-state index contributed by atoms with van der Waals surface area (Å²) in [5.74, 6) is 1.58. The molecule has 0 saturated carbocycles. The minimum atomic E-state index is 0. The number of likely N-dealkylation sites (tertiary alicyclic amines) is 1. The van der Waals surface area contributed by atoms with Crippen molar-refractivity contribution < 1.29 is 4.74 Å². The Morgan fingerprint density at radius 2 is 2.24 bits per heavy atom. The maximum absolute atomic E-state index is 5.14. The van der Waals surface area contributed by atoms with Crippen molar-refractivity contribution in [1.29, 1.82) is 0 Å². The molecule has 1 fully saturated rings.